The maximum Gasteiger partial charge on any atom is 0.00198 e. The Kier molecular flexibility index (Phi) is 4.20. The lowest BCUT2D eigenvalue weighted by molar-refractivity contribution is 0.258. The first-order valence-corrected chi connectivity index (χ1v) is 5.67. The zero-order valence-corrected chi connectivity index (χ0v) is 9.10. The fourth-order valence-electron chi connectivity index (χ4n) is 1.72. The van der Waals surface area contributed by atoms with E-state index < -0.39 is 0 Å². The van der Waals surface area contributed by atoms with Crippen LogP contribution in [0.15, 0.2) is 0 Å². The van der Waals surface area contributed by atoms with Gasteiger partial charge in [0.2, 0.25) is 0 Å². The highest BCUT2D eigenvalue weighted by Crippen LogP contribution is 2.28. The summed E-state index contributed by atoms with van der Waals surface area (Å²) in [5.41, 5.74) is 6.18. The zero-order chi connectivity index (χ0) is 9.73. The maximum atomic E-state index is 5.82. The summed E-state index contributed by atoms with van der Waals surface area (Å²) >= 11 is 0. The molecule has 1 aliphatic rings. The SMILES string of the molecule is CCC(CC)(CN)CNCC1CC1. The van der Waals surface area contributed by atoms with Crippen molar-refractivity contribution in [2.24, 2.45) is 17.1 Å². The van der Waals surface area contributed by atoms with Crippen LogP contribution in [-0.2, 0) is 0 Å². The highest BCUT2D eigenvalue weighted by atomic mass is 14.9. The van der Waals surface area contributed by atoms with Crippen LogP contribution in [0.1, 0.15) is 39.5 Å². The Hall–Kier alpha value is -0.0800. The van der Waals surface area contributed by atoms with Crippen LogP contribution < -0.4 is 11.1 Å². The topological polar surface area (TPSA) is 38.0 Å². The van der Waals surface area contributed by atoms with Crippen molar-refractivity contribution in [1.82, 2.24) is 5.32 Å². The van der Waals surface area contributed by atoms with Crippen LogP contribution in [-0.4, -0.2) is 19.6 Å². The second-order valence-electron chi connectivity index (χ2n) is 4.49. The molecule has 1 aliphatic carbocycles. The van der Waals surface area contributed by atoms with E-state index in [-0.39, 0.29) is 0 Å². The van der Waals surface area contributed by atoms with Crippen molar-refractivity contribution in [3.05, 3.63) is 0 Å². The molecule has 13 heavy (non-hydrogen) atoms. The van der Waals surface area contributed by atoms with Gasteiger partial charge in [-0.3, -0.25) is 0 Å². The minimum atomic E-state index is 0.356. The molecule has 0 atom stereocenters. The molecule has 0 unspecified atom stereocenters. The molecule has 1 rings (SSSR count). The number of rotatable bonds is 7. The van der Waals surface area contributed by atoms with E-state index in [0.717, 1.165) is 19.0 Å². The molecule has 0 saturated heterocycles. The molecule has 0 spiro atoms. The third-order valence-corrected chi connectivity index (χ3v) is 3.56. The van der Waals surface area contributed by atoms with E-state index in [1.54, 1.807) is 0 Å². The van der Waals surface area contributed by atoms with Crippen molar-refractivity contribution in [1.29, 1.82) is 0 Å². The fourth-order valence-corrected chi connectivity index (χ4v) is 1.72. The molecule has 3 N–H and O–H groups in total. The standard InChI is InChI=1S/C11H24N2/c1-3-11(4-2,8-12)9-13-7-10-5-6-10/h10,13H,3-9,12H2,1-2H3. The molecular formula is C11H24N2. The summed E-state index contributed by atoms with van der Waals surface area (Å²) in [5, 5.41) is 3.56. The first kappa shape index (κ1) is 11.0. The van der Waals surface area contributed by atoms with Crippen molar-refractivity contribution in [3.8, 4) is 0 Å². The quantitative estimate of drug-likeness (QED) is 0.632. The average molecular weight is 184 g/mol. The van der Waals surface area contributed by atoms with Crippen LogP contribution >= 0.6 is 0 Å². The van der Waals surface area contributed by atoms with Gasteiger partial charge in [-0.25, -0.2) is 0 Å². The molecule has 0 aliphatic heterocycles. The molecule has 1 fully saturated rings. The van der Waals surface area contributed by atoms with Gasteiger partial charge in [0.05, 0.1) is 0 Å². The maximum absolute atomic E-state index is 5.82. The van der Waals surface area contributed by atoms with E-state index in [1.807, 2.05) is 0 Å². The largest absolute Gasteiger partial charge is 0.330 e. The van der Waals surface area contributed by atoms with Crippen molar-refractivity contribution < 1.29 is 0 Å². The van der Waals surface area contributed by atoms with E-state index in [9.17, 15) is 0 Å². The fraction of sp³-hybridized carbons (Fsp3) is 1.00. The van der Waals surface area contributed by atoms with E-state index in [0.29, 0.717) is 5.41 Å². The molecule has 0 bridgehead atoms. The van der Waals surface area contributed by atoms with Gasteiger partial charge in [-0.1, -0.05) is 13.8 Å². The minimum absolute atomic E-state index is 0.356. The van der Waals surface area contributed by atoms with Crippen molar-refractivity contribution in [3.63, 3.8) is 0 Å². The lowest BCUT2D eigenvalue weighted by Crippen LogP contribution is -2.40. The van der Waals surface area contributed by atoms with Crippen LogP contribution in [0.4, 0.5) is 0 Å². The number of hydrogen-bond donors (Lipinski definition) is 2. The molecule has 0 radical (unpaired) electrons. The minimum Gasteiger partial charge on any atom is -0.330 e. The Labute approximate surface area is 82.3 Å². The highest BCUT2D eigenvalue weighted by molar-refractivity contribution is 4.82. The number of hydrogen-bond acceptors (Lipinski definition) is 2. The second kappa shape index (κ2) is 4.97. The Morgan fingerprint density at radius 3 is 2.31 bits per heavy atom. The van der Waals surface area contributed by atoms with Crippen molar-refractivity contribution >= 4 is 0 Å². The zero-order valence-electron chi connectivity index (χ0n) is 9.10. The van der Waals surface area contributed by atoms with Crippen molar-refractivity contribution in [2.45, 2.75) is 39.5 Å². The molecule has 0 heterocycles. The van der Waals surface area contributed by atoms with Gasteiger partial charge in [0, 0.05) is 6.54 Å². The number of nitrogens with one attached hydrogen (secondary N) is 1. The molecule has 0 amide bonds. The second-order valence-corrected chi connectivity index (χ2v) is 4.49. The summed E-state index contributed by atoms with van der Waals surface area (Å²) in [7, 11) is 0. The molecular weight excluding hydrogens is 160 g/mol. The summed E-state index contributed by atoms with van der Waals surface area (Å²) in [4.78, 5) is 0. The van der Waals surface area contributed by atoms with Gasteiger partial charge in [0.15, 0.2) is 0 Å². The van der Waals surface area contributed by atoms with Gasteiger partial charge in [-0.15, -0.1) is 0 Å². The van der Waals surface area contributed by atoms with Gasteiger partial charge < -0.3 is 11.1 Å². The predicted molar refractivity (Wildman–Crippen MR) is 57.7 cm³/mol. The lowest BCUT2D eigenvalue weighted by Gasteiger charge is -2.30. The predicted octanol–water partition coefficient (Wildman–Crippen LogP) is 1.75. The van der Waals surface area contributed by atoms with Gasteiger partial charge in [0.25, 0.3) is 0 Å². The Morgan fingerprint density at radius 2 is 1.92 bits per heavy atom. The third-order valence-electron chi connectivity index (χ3n) is 3.56. The smallest absolute Gasteiger partial charge is 0.00198 e. The summed E-state index contributed by atoms with van der Waals surface area (Å²) in [6.45, 7) is 7.62. The van der Waals surface area contributed by atoms with Crippen LogP contribution in [0.3, 0.4) is 0 Å². The normalized spacial score (nSPS) is 17.8. The molecule has 2 heteroatoms. The molecule has 0 aromatic rings. The first-order valence-electron chi connectivity index (χ1n) is 5.67. The van der Waals surface area contributed by atoms with Crippen LogP contribution in [0.25, 0.3) is 0 Å². The van der Waals surface area contributed by atoms with Gasteiger partial charge in [-0.2, -0.15) is 0 Å². The van der Waals surface area contributed by atoms with E-state index in [4.69, 9.17) is 5.73 Å². The summed E-state index contributed by atoms with van der Waals surface area (Å²) in [6.07, 6.45) is 5.25. The molecule has 2 nitrogen and oxygen atoms in total. The van der Waals surface area contributed by atoms with Gasteiger partial charge in [-0.05, 0) is 50.1 Å². The molecule has 0 aromatic carbocycles. The van der Waals surface area contributed by atoms with Crippen LogP contribution in [0.5, 0.6) is 0 Å². The summed E-state index contributed by atoms with van der Waals surface area (Å²) in [6, 6.07) is 0. The van der Waals surface area contributed by atoms with Crippen LogP contribution in [0, 0.1) is 11.3 Å². The average Bonchev–Trinajstić information content (AvgIpc) is 2.97. The Morgan fingerprint density at radius 1 is 1.31 bits per heavy atom. The summed E-state index contributed by atoms with van der Waals surface area (Å²) < 4.78 is 0. The molecule has 1 saturated carbocycles. The van der Waals surface area contributed by atoms with Gasteiger partial charge >= 0.3 is 0 Å². The summed E-state index contributed by atoms with van der Waals surface area (Å²) in [5.74, 6) is 0.976. The Bertz CT molecular complexity index is 129. The number of nitrogens with two attached hydrogens (primary N) is 1. The Balaban J connectivity index is 2.19. The highest BCUT2D eigenvalue weighted by Gasteiger charge is 2.26. The van der Waals surface area contributed by atoms with Crippen molar-refractivity contribution in [2.75, 3.05) is 19.6 Å². The monoisotopic (exact) mass is 184 g/mol. The van der Waals surface area contributed by atoms with Gasteiger partial charge in [0.1, 0.15) is 0 Å². The van der Waals surface area contributed by atoms with E-state index in [1.165, 1.54) is 32.2 Å². The lowest BCUT2D eigenvalue weighted by atomic mass is 9.82. The van der Waals surface area contributed by atoms with Crippen LogP contribution in [0.2, 0.25) is 0 Å². The third kappa shape index (κ3) is 3.28. The van der Waals surface area contributed by atoms with E-state index in [2.05, 4.69) is 19.2 Å². The van der Waals surface area contributed by atoms with E-state index >= 15 is 0 Å². The first-order chi connectivity index (χ1) is 6.26. The molecule has 0 aromatic heterocycles. The molecule has 78 valence electrons.